The first-order valence-electron chi connectivity index (χ1n) is 13.1. The van der Waals surface area contributed by atoms with Crippen LogP contribution in [-0.4, -0.2) is 40.4 Å². The lowest BCUT2D eigenvalue weighted by molar-refractivity contribution is -0.140. The van der Waals surface area contributed by atoms with Gasteiger partial charge in [-0.2, -0.15) is 0 Å². The number of amides is 1. The molecule has 0 bridgehead atoms. The van der Waals surface area contributed by atoms with Crippen molar-refractivity contribution in [2.75, 3.05) is 13.7 Å². The highest BCUT2D eigenvalue weighted by atomic mass is 16.5. The van der Waals surface area contributed by atoms with Crippen LogP contribution in [0.4, 0.5) is 0 Å². The molecular formula is C32H36N2O5. The molecule has 1 fully saturated rings. The highest BCUT2D eigenvalue weighted by Gasteiger charge is 2.46. The average Bonchev–Trinajstić information content (AvgIpc) is 3.16. The Morgan fingerprint density at radius 1 is 1.08 bits per heavy atom. The van der Waals surface area contributed by atoms with Crippen molar-refractivity contribution >= 4 is 17.4 Å². The van der Waals surface area contributed by atoms with Crippen molar-refractivity contribution in [3.05, 3.63) is 94.8 Å². The van der Waals surface area contributed by atoms with Crippen LogP contribution >= 0.6 is 0 Å². The zero-order valence-electron chi connectivity index (χ0n) is 23.4. The van der Waals surface area contributed by atoms with E-state index >= 15 is 0 Å². The average molecular weight is 529 g/mol. The number of aliphatic hydroxyl groups excluding tert-OH is 1. The lowest BCUT2D eigenvalue weighted by atomic mass is 9.85. The number of aliphatic hydroxyl groups is 1. The van der Waals surface area contributed by atoms with Crippen LogP contribution in [0.15, 0.2) is 72.6 Å². The van der Waals surface area contributed by atoms with E-state index < -0.39 is 17.7 Å². The number of carbonyl (C=O) groups is 2. The van der Waals surface area contributed by atoms with Gasteiger partial charge in [0.2, 0.25) is 0 Å². The fourth-order valence-corrected chi connectivity index (χ4v) is 4.62. The topological polar surface area (TPSA) is 89.0 Å². The first kappa shape index (κ1) is 27.9. The zero-order chi connectivity index (χ0) is 28.3. The third-order valence-electron chi connectivity index (χ3n) is 6.69. The Morgan fingerprint density at radius 3 is 2.49 bits per heavy atom. The van der Waals surface area contributed by atoms with Gasteiger partial charge in [-0.1, -0.05) is 58.9 Å². The molecule has 7 nitrogen and oxygen atoms in total. The van der Waals surface area contributed by atoms with E-state index in [0.717, 1.165) is 11.1 Å². The van der Waals surface area contributed by atoms with Gasteiger partial charge < -0.3 is 19.5 Å². The number of ether oxygens (including phenoxy) is 2. The molecule has 0 spiro atoms. The second kappa shape index (κ2) is 11.3. The smallest absolute Gasteiger partial charge is 0.295 e. The largest absolute Gasteiger partial charge is 0.507 e. The van der Waals surface area contributed by atoms with Crippen LogP contribution in [0.5, 0.6) is 11.5 Å². The van der Waals surface area contributed by atoms with Gasteiger partial charge in [-0.3, -0.25) is 14.6 Å². The summed E-state index contributed by atoms with van der Waals surface area (Å²) in [4.78, 5) is 32.7. The lowest BCUT2D eigenvalue weighted by Crippen LogP contribution is -2.29. The van der Waals surface area contributed by atoms with Crippen molar-refractivity contribution in [2.24, 2.45) is 5.92 Å². The number of nitrogens with zero attached hydrogens (tertiary/aromatic N) is 2. The Balaban J connectivity index is 1.91. The van der Waals surface area contributed by atoms with E-state index in [1.165, 1.54) is 12.0 Å². The number of likely N-dealkylation sites (tertiary alicyclic amines) is 1. The van der Waals surface area contributed by atoms with E-state index in [2.05, 4.69) is 39.6 Å². The number of hydrogen-bond donors (Lipinski definition) is 1. The number of ketones is 1. The van der Waals surface area contributed by atoms with Crippen molar-refractivity contribution < 1.29 is 24.2 Å². The van der Waals surface area contributed by atoms with E-state index in [-0.39, 0.29) is 23.3 Å². The molecule has 1 atom stereocenters. The molecule has 1 amide bonds. The lowest BCUT2D eigenvalue weighted by Gasteiger charge is -2.26. The van der Waals surface area contributed by atoms with Gasteiger partial charge in [0.25, 0.3) is 11.7 Å². The minimum Gasteiger partial charge on any atom is -0.507 e. The molecule has 1 N–H and O–H groups in total. The van der Waals surface area contributed by atoms with Gasteiger partial charge in [0.05, 0.1) is 30.9 Å². The van der Waals surface area contributed by atoms with Gasteiger partial charge in [0.1, 0.15) is 17.3 Å². The fourth-order valence-electron chi connectivity index (χ4n) is 4.62. The molecule has 0 radical (unpaired) electrons. The number of pyridine rings is 1. The van der Waals surface area contributed by atoms with Crippen molar-refractivity contribution in [1.29, 1.82) is 0 Å². The van der Waals surface area contributed by atoms with Crippen LogP contribution in [-0.2, 0) is 21.5 Å². The van der Waals surface area contributed by atoms with Gasteiger partial charge in [-0.25, -0.2) is 0 Å². The summed E-state index contributed by atoms with van der Waals surface area (Å²) in [6.45, 7) is 11.0. The molecule has 2 heterocycles. The minimum absolute atomic E-state index is 0.00857. The number of benzene rings is 2. The highest BCUT2D eigenvalue weighted by Crippen LogP contribution is 2.43. The molecule has 39 heavy (non-hydrogen) atoms. The van der Waals surface area contributed by atoms with Crippen molar-refractivity contribution in [2.45, 2.75) is 52.6 Å². The summed E-state index contributed by atoms with van der Waals surface area (Å²) in [6, 6.07) is 15.7. The summed E-state index contributed by atoms with van der Waals surface area (Å²) in [5, 5.41) is 11.7. The number of carbonyl (C=O) groups excluding carboxylic acids is 2. The SMILES string of the molecule is COc1ccc(C(C)(C)C)cc1/C(O)=C1\C(=O)C(=O)N(Cc2cccnc2)C1c1cccc(OCC(C)C)c1. The van der Waals surface area contributed by atoms with Gasteiger partial charge in [-0.05, 0) is 58.4 Å². The Kier molecular flexibility index (Phi) is 8.09. The number of Topliss-reactive ketones (excluding diaryl/α,β-unsaturated/α-hetero) is 1. The summed E-state index contributed by atoms with van der Waals surface area (Å²) >= 11 is 0. The van der Waals surface area contributed by atoms with Crippen LogP contribution in [0.3, 0.4) is 0 Å². The van der Waals surface area contributed by atoms with E-state index in [4.69, 9.17) is 9.47 Å². The summed E-state index contributed by atoms with van der Waals surface area (Å²) < 4.78 is 11.5. The molecule has 1 unspecified atom stereocenters. The van der Waals surface area contributed by atoms with E-state index in [1.54, 1.807) is 24.5 Å². The van der Waals surface area contributed by atoms with Crippen LogP contribution in [0, 0.1) is 5.92 Å². The molecule has 3 aromatic rings. The number of hydrogen-bond acceptors (Lipinski definition) is 6. The third-order valence-corrected chi connectivity index (χ3v) is 6.69. The van der Waals surface area contributed by atoms with Crippen molar-refractivity contribution in [1.82, 2.24) is 9.88 Å². The molecule has 4 rings (SSSR count). The van der Waals surface area contributed by atoms with E-state index in [0.29, 0.717) is 35.2 Å². The van der Waals surface area contributed by atoms with Crippen molar-refractivity contribution in [3.8, 4) is 11.5 Å². The van der Waals surface area contributed by atoms with E-state index in [1.807, 2.05) is 42.5 Å². The van der Waals surface area contributed by atoms with Crippen LogP contribution in [0.25, 0.3) is 5.76 Å². The molecule has 2 aromatic carbocycles. The predicted octanol–water partition coefficient (Wildman–Crippen LogP) is 6.04. The van der Waals surface area contributed by atoms with Crippen LogP contribution in [0.2, 0.25) is 0 Å². The highest BCUT2D eigenvalue weighted by molar-refractivity contribution is 6.46. The monoisotopic (exact) mass is 528 g/mol. The number of rotatable bonds is 8. The van der Waals surface area contributed by atoms with E-state index in [9.17, 15) is 14.7 Å². The fraction of sp³-hybridized carbons (Fsp3) is 0.344. The van der Waals surface area contributed by atoms with Crippen molar-refractivity contribution in [3.63, 3.8) is 0 Å². The normalized spacial score (nSPS) is 17.1. The zero-order valence-corrected chi connectivity index (χ0v) is 23.4. The maximum Gasteiger partial charge on any atom is 0.295 e. The maximum absolute atomic E-state index is 13.6. The molecule has 1 aliphatic rings. The molecule has 0 saturated carbocycles. The Hall–Kier alpha value is -4.13. The summed E-state index contributed by atoms with van der Waals surface area (Å²) in [7, 11) is 1.51. The van der Waals surface area contributed by atoms with Gasteiger partial charge in [-0.15, -0.1) is 0 Å². The molecule has 7 heteroatoms. The predicted molar refractivity (Wildman–Crippen MR) is 151 cm³/mol. The number of aromatic nitrogens is 1. The Morgan fingerprint density at radius 2 is 1.85 bits per heavy atom. The summed E-state index contributed by atoms with van der Waals surface area (Å²) in [5.41, 5.74) is 2.54. The maximum atomic E-state index is 13.6. The molecule has 1 aliphatic heterocycles. The van der Waals surface area contributed by atoms with Crippen LogP contribution < -0.4 is 9.47 Å². The van der Waals surface area contributed by atoms with Gasteiger partial charge in [0.15, 0.2) is 0 Å². The minimum atomic E-state index is -0.837. The van der Waals surface area contributed by atoms with Gasteiger partial charge >= 0.3 is 0 Å². The quantitative estimate of drug-likeness (QED) is 0.218. The van der Waals surface area contributed by atoms with Crippen LogP contribution in [0.1, 0.15) is 62.9 Å². The summed E-state index contributed by atoms with van der Waals surface area (Å²) in [6.07, 6.45) is 3.31. The number of methoxy groups -OCH3 is 1. The molecule has 0 aliphatic carbocycles. The molecule has 1 saturated heterocycles. The summed E-state index contributed by atoms with van der Waals surface area (Å²) in [5.74, 6) is -0.355. The molecule has 204 valence electrons. The second-order valence-electron chi connectivity index (χ2n) is 11.2. The first-order valence-corrected chi connectivity index (χ1v) is 13.1. The Labute approximate surface area is 230 Å². The van der Waals surface area contributed by atoms with Gasteiger partial charge in [0, 0.05) is 18.9 Å². The Bertz CT molecular complexity index is 1390. The molecular weight excluding hydrogens is 492 g/mol. The second-order valence-corrected chi connectivity index (χ2v) is 11.2. The first-order chi connectivity index (χ1) is 18.5. The third kappa shape index (κ3) is 5.98. The molecule has 1 aromatic heterocycles. The standard InChI is InChI=1S/C32H36N2O5/c1-20(2)19-39-24-11-7-10-22(15-24)28-27(30(36)31(37)34(28)18-21-9-8-14-33-17-21)29(35)25-16-23(32(3,4)5)12-13-26(25)38-6/h7-17,20,28,35H,18-19H2,1-6H3/b29-27+.